The average molecular weight is 397 g/mol. The maximum absolute atomic E-state index is 12.5. The van der Waals surface area contributed by atoms with E-state index in [9.17, 15) is 4.79 Å². The number of aromatic nitrogens is 2. The number of nitrogens with one attached hydrogen (secondary N) is 1. The van der Waals surface area contributed by atoms with Crippen molar-refractivity contribution in [2.75, 3.05) is 23.8 Å². The molecule has 0 spiro atoms. The Labute approximate surface area is 165 Å². The maximum Gasteiger partial charge on any atom is 0.243 e. The van der Waals surface area contributed by atoms with Gasteiger partial charge in [-0.05, 0) is 50.1 Å². The van der Waals surface area contributed by atoms with Crippen LogP contribution in [0.25, 0.3) is 20.4 Å². The fourth-order valence-corrected chi connectivity index (χ4v) is 4.89. The lowest BCUT2D eigenvalue weighted by atomic mass is 10.1. The van der Waals surface area contributed by atoms with Gasteiger partial charge in [0.25, 0.3) is 0 Å². The summed E-state index contributed by atoms with van der Waals surface area (Å²) in [6.45, 7) is 6.38. The highest BCUT2D eigenvalue weighted by Gasteiger charge is 2.15. The SMILES string of the molecule is Cc1nc2cc(NC(=O)CN(C)c3nc4c(C)ccc(C)c4s3)ccc2s1. The molecule has 2 heterocycles. The number of carbonyl (C=O) groups is 1. The van der Waals surface area contributed by atoms with Gasteiger partial charge in [0.2, 0.25) is 5.91 Å². The maximum atomic E-state index is 12.5. The van der Waals surface area contributed by atoms with Gasteiger partial charge in [0.05, 0.1) is 32.0 Å². The van der Waals surface area contributed by atoms with Gasteiger partial charge < -0.3 is 10.2 Å². The summed E-state index contributed by atoms with van der Waals surface area (Å²) >= 11 is 3.28. The monoisotopic (exact) mass is 396 g/mol. The van der Waals surface area contributed by atoms with E-state index in [4.69, 9.17) is 4.98 Å². The Morgan fingerprint density at radius 3 is 2.63 bits per heavy atom. The molecule has 0 fully saturated rings. The van der Waals surface area contributed by atoms with Crippen molar-refractivity contribution in [2.24, 2.45) is 0 Å². The van der Waals surface area contributed by atoms with Crippen LogP contribution >= 0.6 is 22.7 Å². The number of carbonyl (C=O) groups excluding carboxylic acids is 1. The third-order valence-corrected chi connectivity index (χ3v) is 6.67. The topological polar surface area (TPSA) is 58.1 Å². The molecule has 2 aromatic heterocycles. The quantitative estimate of drug-likeness (QED) is 0.533. The van der Waals surface area contributed by atoms with Crippen molar-refractivity contribution in [1.82, 2.24) is 9.97 Å². The van der Waals surface area contributed by atoms with E-state index in [1.165, 1.54) is 10.3 Å². The number of fused-ring (bicyclic) bond motifs is 2. The van der Waals surface area contributed by atoms with Crippen molar-refractivity contribution in [3.63, 3.8) is 0 Å². The van der Waals surface area contributed by atoms with Gasteiger partial charge in [-0.3, -0.25) is 4.79 Å². The highest BCUT2D eigenvalue weighted by Crippen LogP contribution is 2.32. The standard InChI is InChI=1S/C20H20N4OS2/c1-11-5-6-12(2)19-18(11)23-20(27-19)24(4)10-17(25)22-14-7-8-16-15(9-14)21-13(3)26-16/h5-9H,10H2,1-4H3,(H,22,25). The lowest BCUT2D eigenvalue weighted by Crippen LogP contribution is -2.29. The minimum atomic E-state index is -0.0727. The fraction of sp³-hybridized carbons (Fsp3) is 0.250. The number of hydrogen-bond donors (Lipinski definition) is 1. The van der Waals surface area contributed by atoms with E-state index in [2.05, 4.69) is 36.3 Å². The number of amides is 1. The van der Waals surface area contributed by atoms with Crippen molar-refractivity contribution in [3.05, 3.63) is 46.5 Å². The summed E-state index contributed by atoms with van der Waals surface area (Å²) < 4.78 is 2.31. The number of hydrogen-bond acceptors (Lipinski definition) is 6. The number of likely N-dealkylation sites (N-methyl/N-ethyl adjacent to an activating group) is 1. The first-order valence-electron chi connectivity index (χ1n) is 8.65. The minimum Gasteiger partial charge on any atom is -0.342 e. The molecule has 5 nitrogen and oxygen atoms in total. The Bertz CT molecular complexity index is 1120. The summed E-state index contributed by atoms with van der Waals surface area (Å²) in [6, 6.07) is 10.0. The first-order valence-corrected chi connectivity index (χ1v) is 10.3. The van der Waals surface area contributed by atoms with Crippen LogP contribution in [0.3, 0.4) is 0 Å². The summed E-state index contributed by atoms with van der Waals surface area (Å²) in [5.74, 6) is -0.0727. The Morgan fingerprint density at radius 2 is 1.85 bits per heavy atom. The van der Waals surface area contributed by atoms with Gasteiger partial charge in [-0.1, -0.05) is 23.5 Å². The molecule has 0 unspecified atom stereocenters. The van der Waals surface area contributed by atoms with E-state index in [1.54, 1.807) is 22.7 Å². The first kappa shape index (κ1) is 17.9. The first-order chi connectivity index (χ1) is 12.9. The zero-order valence-electron chi connectivity index (χ0n) is 15.7. The Kier molecular flexibility index (Phi) is 4.57. The van der Waals surface area contributed by atoms with Gasteiger partial charge >= 0.3 is 0 Å². The van der Waals surface area contributed by atoms with E-state index >= 15 is 0 Å². The predicted octanol–water partition coefficient (Wildman–Crippen LogP) is 4.91. The van der Waals surface area contributed by atoms with Gasteiger partial charge in [-0.15, -0.1) is 11.3 Å². The molecule has 0 bridgehead atoms. The van der Waals surface area contributed by atoms with Gasteiger partial charge in [0.15, 0.2) is 5.13 Å². The van der Waals surface area contributed by atoms with Crippen LogP contribution in [0.15, 0.2) is 30.3 Å². The van der Waals surface area contributed by atoms with Crippen LogP contribution < -0.4 is 10.2 Å². The molecule has 4 rings (SSSR count). The zero-order valence-corrected chi connectivity index (χ0v) is 17.3. The van der Waals surface area contributed by atoms with Gasteiger partial charge in [-0.2, -0.15) is 0 Å². The largest absolute Gasteiger partial charge is 0.342 e. The molecular formula is C20H20N4OS2. The van der Waals surface area contributed by atoms with E-state index in [0.717, 1.165) is 37.1 Å². The molecule has 1 N–H and O–H groups in total. The number of rotatable bonds is 4. The third kappa shape index (κ3) is 3.52. The summed E-state index contributed by atoms with van der Waals surface area (Å²) in [5.41, 5.74) is 5.07. The van der Waals surface area contributed by atoms with Crippen molar-refractivity contribution in [2.45, 2.75) is 20.8 Å². The molecule has 0 saturated heterocycles. The Morgan fingerprint density at radius 1 is 1.07 bits per heavy atom. The van der Waals surface area contributed by atoms with Crippen LogP contribution in [-0.4, -0.2) is 29.5 Å². The summed E-state index contributed by atoms with van der Waals surface area (Å²) in [4.78, 5) is 23.6. The average Bonchev–Trinajstić information content (AvgIpc) is 3.21. The molecule has 2 aromatic carbocycles. The highest BCUT2D eigenvalue weighted by molar-refractivity contribution is 7.22. The molecule has 0 saturated carbocycles. The molecule has 27 heavy (non-hydrogen) atoms. The van der Waals surface area contributed by atoms with Crippen LogP contribution in [0.4, 0.5) is 10.8 Å². The van der Waals surface area contributed by atoms with Gasteiger partial charge in [0, 0.05) is 12.7 Å². The molecule has 0 aliphatic carbocycles. The van der Waals surface area contributed by atoms with Crippen molar-refractivity contribution in [3.8, 4) is 0 Å². The molecule has 0 aliphatic rings. The number of nitrogens with zero attached hydrogens (tertiary/aromatic N) is 3. The summed E-state index contributed by atoms with van der Waals surface area (Å²) in [6.07, 6.45) is 0. The van der Waals surface area contributed by atoms with Crippen molar-refractivity contribution < 1.29 is 4.79 Å². The van der Waals surface area contributed by atoms with Crippen molar-refractivity contribution in [1.29, 1.82) is 0 Å². The van der Waals surface area contributed by atoms with Crippen LogP contribution in [0.1, 0.15) is 16.1 Å². The molecule has 0 radical (unpaired) electrons. The van der Waals surface area contributed by atoms with E-state index in [1.807, 2.05) is 37.1 Å². The van der Waals surface area contributed by atoms with E-state index < -0.39 is 0 Å². The smallest absolute Gasteiger partial charge is 0.243 e. The molecule has 1 amide bonds. The molecule has 4 aromatic rings. The van der Waals surface area contributed by atoms with Gasteiger partial charge in [0.1, 0.15) is 0 Å². The van der Waals surface area contributed by atoms with E-state index in [0.29, 0.717) is 0 Å². The molecule has 7 heteroatoms. The van der Waals surface area contributed by atoms with Crippen LogP contribution in [0, 0.1) is 20.8 Å². The Hall–Kier alpha value is -2.51. The van der Waals surface area contributed by atoms with Crippen LogP contribution in [-0.2, 0) is 4.79 Å². The number of aryl methyl sites for hydroxylation is 3. The molecule has 0 atom stereocenters. The number of thiazole rings is 2. The summed E-state index contributed by atoms with van der Waals surface area (Å²) in [7, 11) is 1.90. The van der Waals surface area contributed by atoms with Crippen LogP contribution in [0.2, 0.25) is 0 Å². The lowest BCUT2D eigenvalue weighted by molar-refractivity contribution is -0.114. The zero-order chi connectivity index (χ0) is 19.1. The highest BCUT2D eigenvalue weighted by atomic mass is 32.1. The second-order valence-corrected chi connectivity index (χ2v) is 8.91. The fourth-order valence-electron chi connectivity index (χ4n) is 3.02. The second-order valence-electron chi connectivity index (χ2n) is 6.69. The summed E-state index contributed by atoms with van der Waals surface area (Å²) in [5, 5.41) is 4.83. The van der Waals surface area contributed by atoms with Crippen LogP contribution in [0.5, 0.6) is 0 Å². The lowest BCUT2D eigenvalue weighted by Gasteiger charge is -2.15. The third-order valence-electron chi connectivity index (χ3n) is 4.42. The number of anilines is 2. The minimum absolute atomic E-state index is 0.0727. The normalized spacial score (nSPS) is 11.3. The second kappa shape index (κ2) is 6.90. The molecule has 138 valence electrons. The Balaban J connectivity index is 1.50. The van der Waals surface area contributed by atoms with Gasteiger partial charge in [-0.25, -0.2) is 9.97 Å². The van der Waals surface area contributed by atoms with Crippen molar-refractivity contribution >= 4 is 59.8 Å². The van der Waals surface area contributed by atoms with E-state index in [-0.39, 0.29) is 12.5 Å². The molecule has 0 aliphatic heterocycles. The number of benzene rings is 2. The molecular weight excluding hydrogens is 376 g/mol. The predicted molar refractivity (Wildman–Crippen MR) is 115 cm³/mol.